The third-order valence-electron chi connectivity index (χ3n) is 4.36. The van der Waals surface area contributed by atoms with E-state index in [1.165, 1.54) is 5.56 Å². The van der Waals surface area contributed by atoms with Crippen LogP contribution in [0.1, 0.15) is 28.6 Å². The molecule has 0 spiro atoms. The van der Waals surface area contributed by atoms with Gasteiger partial charge in [0.15, 0.2) is 11.7 Å². The second-order valence-corrected chi connectivity index (χ2v) is 7.17. The molecule has 1 atom stereocenters. The Balaban J connectivity index is 0.00000261. The van der Waals surface area contributed by atoms with Gasteiger partial charge < -0.3 is 10.2 Å². The van der Waals surface area contributed by atoms with Crippen LogP contribution in [0, 0.1) is 0 Å². The molecular formula is C16H22F3IN6S. The first-order valence-electron chi connectivity index (χ1n) is 8.32. The topological polar surface area (TPSA) is 58.3 Å². The van der Waals surface area contributed by atoms with E-state index in [2.05, 4.69) is 25.3 Å². The molecule has 27 heavy (non-hydrogen) atoms. The van der Waals surface area contributed by atoms with Crippen LogP contribution in [0.4, 0.5) is 13.2 Å². The molecule has 0 saturated carbocycles. The highest BCUT2D eigenvalue weighted by molar-refractivity contribution is 14.0. The molecule has 6 nitrogen and oxygen atoms in total. The van der Waals surface area contributed by atoms with Crippen molar-refractivity contribution in [2.24, 2.45) is 12.0 Å². The minimum atomic E-state index is -4.38. The predicted molar refractivity (Wildman–Crippen MR) is 110 cm³/mol. The molecule has 1 unspecified atom stereocenters. The van der Waals surface area contributed by atoms with E-state index in [1.807, 2.05) is 19.4 Å². The van der Waals surface area contributed by atoms with Gasteiger partial charge in [0.2, 0.25) is 0 Å². The van der Waals surface area contributed by atoms with Crippen LogP contribution in [0.3, 0.4) is 0 Å². The average molecular weight is 514 g/mol. The van der Waals surface area contributed by atoms with Gasteiger partial charge in [-0.05, 0) is 12.0 Å². The lowest BCUT2D eigenvalue weighted by atomic mass is 10.0. The van der Waals surface area contributed by atoms with Gasteiger partial charge >= 0.3 is 6.18 Å². The number of aliphatic imine (C=N–C) groups is 1. The molecule has 150 valence electrons. The molecule has 1 N–H and O–H groups in total. The lowest BCUT2D eigenvalue weighted by molar-refractivity contribution is -0.140. The first-order valence-corrected chi connectivity index (χ1v) is 9.20. The number of thiazole rings is 1. The second-order valence-electron chi connectivity index (χ2n) is 6.23. The minimum absolute atomic E-state index is 0. The van der Waals surface area contributed by atoms with Gasteiger partial charge in [0.25, 0.3) is 0 Å². The van der Waals surface area contributed by atoms with Crippen molar-refractivity contribution < 1.29 is 13.2 Å². The van der Waals surface area contributed by atoms with Gasteiger partial charge in [-0.1, -0.05) is 0 Å². The Hall–Kier alpha value is -1.37. The molecule has 0 bridgehead atoms. The summed E-state index contributed by atoms with van der Waals surface area (Å²) in [6, 6.07) is 0. The van der Waals surface area contributed by atoms with Crippen molar-refractivity contribution in [3.63, 3.8) is 0 Å². The van der Waals surface area contributed by atoms with Gasteiger partial charge in [-0.3, -0.25) is 9.67 Å². The van der Waals surface area contributed by atoms with Crippen molar-refractivity contribution in [3.8, 4) is 0 Å². The van der Waals surface area contributed by atoms with Crippen LogP contribution in [0.15, 0.2) is 22.8 Å². The highest BCUT2D eigenvalue weighted by atomic mass is 127. The number of aryl methyl sites for hydroxylation is 1. The molecule has 1 saturated heterocycles. The Morgan fingerprint density at radius 1 is 1.44 bits per heavy atom. The van der Waals surface area contributed by atoms with Gasteiger partial charge in [0.1, 0.15) is 0 Å². The molecular weight excluding hydrogens is 492 g/mol. The van der Waals surface area contributed by atoms with Crippen molar-refractivity contribution in [1.82, 2.24) is 25.0 Å². The molecule has 3 rings (SSSR count). The van der Waals surface area contributed by atoms with Gasteiger partial charge in [-0.15, -0.1) is 35.3 Å². The van der Waals surface area contributed by atoms with Gasteiger partial charge in [0, 0.05) is 57.6 Å². The molecule has 2 aromatic rings. The maximum atomic E-state index is 12.6. The largest absolute Gasteiger partial charge is 0.434 e. The quantitative estimate of drug-likeness (QED) is 0.387. The minimum Gasteiger partial charge on any atom is -0.356 e. The summed E-state index contributed by atoms with van der Waals surface area (Å²) >= 11 is 1.03. The number of likely N-dealkylation sites (tertiary alicyclic amines) is 1. The van der Waals surface area contributed by atoms with E-state index < -0.39 is 11.9 Å². The number of hydrogen-bond acceptors (Lipinski definition) is 4. The van der Waals surface area contributed by atoms with Crippen molar-refractivity contribution in [2.75, 3.05) is 26.7 Å². The second kappa shape index (κ2) is 9.22. The number of nitrogens with zero attached hydrogens (tertiary/aromatic N) is 5. The first-order chi connectivity index (χ1) is 12.4. The fourth-order valence-electron chi connectivity index (χ4n) is 3.05. The highest BCUT2D eigenvalue weighted by Gasteiger charge is 2.33. The standard InChI is InChI=1S/C16H21F3N6S.HI/c1-20-15(21-5-3-14-23-13(10-26-14)16(17,18)19)25-6-4-11(9-25)12-7-22-24(2)8-12;/h7-8,10-11H,3-6,9H2,1-2H3,(H,20,21);1H. The van der Waals surface area contributed by atoms with Crippen molar-refractivity contribution in [3.05, 3.63) is 34.0 Å². The monoisotopic (exact) mass is 514 g/mol. The van der Waals surface area contributed by atoms with E-state index in [1.54, 1.807) is 11.7 Å². The number of hydrogen-bond donors (Lipinski definition) is 1. The van der Waals surface area contributed by atoms with Gasteiger partial charge in [0.05, 0.1) is 11.2 Å². The fraction of sp³-hybridized carbons (Fsp3) is 0.562. The zero-order valence-corrected chi connectivity index (χ0v) is 18.2. The fourth-order valence-corrected chi connectivity index (χ4v) is 3.85. The molecule has 11 heteroatoms. The summed E-state index contributed by atoms with van der Waals surface area (Å²) in [5.41, 5.74) is 0.397. The summed E-state index contributed by atoms with van der Waals surface area (Å²) in [4.78, 5) is 10.1. The van der Waals surface area contributed by atoms with Crippen LogP contribution in [0.25, 0.3) is 0 Å². The van der Waals surface area contributed by atoms with Gasteiger partial charge in [-0.2, -0.15) is 18.3 Å². The summed E-state index contributed by atoms with van der Waals surface area (Å²) in [7, 11) is 3.62. The number of nitrogens with one attached hydrogen (secondary N) is 1. The number of aromatic nitrogens is 3. The molecule has 1 aliphatic rings. The molecule has 2 aromatic heterocycles. The zero-order valence-electron chi connectivity index (χ0n) is 15.0. The van der Waals surface area contributed by atoms with Crippen molar-refractivity contribution >= 4 is 41.3 Å². The van der Waals surface area contributed by atoms with E-state index in [0.717, 1.165) is 42.2 Å². The average Bonchev–Trinajstić information content (AvgIpc) is 3.31. The Labute approximate surface area is 176 Å². The SMILES string of the molecule is CN=C(NCCc1nc(C(F)(F)F)cs1)N1CCC(c2cnn(C)c2)C1.I. The lowest BCUT2D eigenvalue weighted by Gasteiger charge is -2.21. The Bertz CT molecular complexity index is 772. The van der Waals surface area contributed by atoms with E-state index in [0.29, 0.717) is 23.9 Å². The van der Waals surface area contributed by atoms with Crippen LogP contribution in [-0.4, -0.2) is 52.3 Å². The van der Waals surface area contributed by atoms with E-state index in [-0.39, 0.29) is 24.0 Å². The Morgan fingerprint density at radius 3 is 2.81 bits per heavy atom. The lowest BCUT2D eigenvalue weighted by Crippen LogP contribution is -2.40. The van der Waals surface area contributed by atoms with E-state index in [9.17, 15) is 13.2 Å². The zero-order chi connectivity index (χ0) is 18.7. The smallest absolute Gasteiger partial charge is 0.356 e. The normalized spacial score (nSPS) is 17.9. The molecule has 3 heterocycles. The predicted octanol–water partition coefficient (Wildman–Crippen LogP) is 3.12. The Morgan fingerprint density at radius 2 is 2.22 bits per heavy atom. The van der Waals surface area contributed by atoms with Crippen LogP contribution in [-0.2, 0) is 19.6 Å². The summed E-state index contributed by atoms with van der Waals surface area (Å²) < 4.78 is 39.6. The number of alkyl halides is 3. The summed E-state index contributed by atoms with van der Waals surface area (Å²) in [6.07, 6.45) is 0.999. The summed E-state index contributed by atoms with van der Waals surface area (Å²) in [5, 5.41) is 8.97. The molecule has 1 aliphatic heterocycles. The molecule has 1 fully saturated rings. The third kappa shape index (κ3) is 5.56. The number of halogens is 4. The summed E-state index contributed by atoms with van der Waals surface area (Å²) in [6.45, 7) is 2.22. The van der Waals surface area contributed by atoms with E-state index in [4.69, 9.17) is 0 Å². The Kier molecular flexibility index (Phi) is 7.48. The van der Waals surface area contributed by atoms with Crippen LogP contribution >= 0.6 is 35.3 Å². The maximum absolute atomic E-state index is 12.6. The third-order valence-corrected chi connectivity index (χ3v) is 5.27. The van der Waals surface area contributed by atoms with Crippen LogP contribution in [0.2, 0.25) is 0 Å². The molecule has 0 radical (unpaired) electrons. The number of guanidine groups is 1. The maximum Gasteiger partial charge on any atom is 0.434 e. The molecule has 0 aliphatic carbocycles. The van der Waals surface area contributed by atoms with Crippen molar-refractivity contribution in [2.45, 2.75) is 24.9 Å². The first kappa shape index (κ1) is 21.9. The van der Waals surface area contributed by atoms with Crippen LogP contribution < -0.4 is 5.32 Å². The molecule has 0 amide bonds. The van der Waals surface area contributed by atoms with Crippen LogP contribution in [0.5, 0.6) is 0 Å². The highest BCUT2D eigenvalue weighted by Crippen LogP contribution is 2.30. The number of rotatable bonds is 4. The van der Waals surface area contributed by atoms with Crippen molar-refractivity contribution in [1.29, 1.82) is 0 Å². The van der Waals surface area contributed by atoms with E-state index >= 15 is 0 Å². The van der Waals surface area contributed by atoms with Gasteiger partial charge in [-0.25, -0.2) is 4.98 Å². The summed E-state index contributed by atoms with van der Waals surface area (Å²) in [5.74, 6) is 1.18. The molecule has 0 aromatic carbocycles.